The van der Waals surface area contributed by atoms with Crippen molar-refractivity contribution in [1.82, 2.24) is 14.6 Å². The molecule has 0 saturated heterocycles. The third-order valence-electron chi connectivity index (χ3n) is 4.16. The lowest BCUT2D eigenvalue weighted by Gasteiger charge is -2.20. The van der Waals surface area contributed by atoms with Gasteiger partial charge in [0.05, 0.1) is 11.9 Å². The van der Waals surface area contributed by atoms with Crippen LogP contribution in [-0.4, -0.2) is 21.1 Å². The predicted molar refractivity (Wildman–Crippen MR) is 101 cm³/mol. The zero-order valence-electron chi connectivity index (χ0n) is 15.0. The fraction of sp³-hybridized carbons (Fsp3) is 0.400. The first kappa shape index (κ1) is 16.5. The van der Waals surface area contributed by atoms with Crippen molar-refractivity contribution in [3.63, 3.8) is 0 Å². The maximum absolute atomic E-state index is 4.93. The van der Waals surface area contributed by atoms with E-state index in [1.807, 2.05) is 28.9 Å². The summed E-state index contributed by atoms with van der Waals surface area (Å²) < 4.78 is 1.92. The molecule has 1 aromatic carbocycles. The van der Waals surface area contributed by atoms with Crippen LogP contribution in [0.5, 0.6) is 0 Å². The molecular formula is C20H26N4. The number of nitrogens with one attached hydrogen (secondary N) is 1. The number of rotatable bonds is 5. The molecule has 0 spiro atoms. The van der Waals surface area contributed by atoms with Crippen molar-refractivity contribution in [2.24, 2.45) is 0 Å². The van der Waals surface area contributed by atoms with E-state index in [0.29, 0.717) is 0 Å². The average molecular weight is 322 g/mol. The van der Waals surface area contributed by atoms with Crippen molar-refractivity contribution in [2.45, 2.75) is 46.0 Å². The number of unbranched alkanes of at least 4 members (excludes halogenated alkanes) is 1. The normalized spacial score (nSPS) is 11.8. The Bertz CT molecular complexity index is 813. The third kappa shape index (κ3) is 3.28. The monoisotopic (exact) mass is 322 g/mol. The fourth-order valence-corrected chi connectivity index (χ4v) is 2.69. The number of hydrogen-bond donors (Lipinski definition) is 1. The average Bonchev–Trinajstić information content (AvgIpc) is 2.99. The van der Waals surface area contributed by atoms with Crippen LogP contribution in [0.4, 0.5) is 5.82 Å². The maximum atomic E-state index is 4.93. The van der Waals surface area contributed by atoms with Crippen LogP contribution >= 0.6 is 0 Å². The number of anilines is 1. The van der Waals surface area contributed by atoms with Gasteiger partial charge in [-0.15, -0.1) is 0 Å². The van der Waals surface area contributed by atoms with Gasteiger partial charge in [0, 0.05) is 23.6 Å². The zero-order chi connectivity index (χ0) is 17.2. The largest absolute Gasteiger partial charge is 0.370 e. The van der Waals surface area contributed by atoms with Crippen LogP contribution < -0.4 is 5.32 Å². The van der Waals surface area contributed by atoms with Gasteiger partial charge < -0.3 is 5.32 Å². The molecule has 3 rings (SSSR count). The first-order valence-electron chi connectivity index (χ1n) is 8.69. The lowest BCUT2D eigenvalue weighted by Crippen LogP contribution is -2.17. The molecular weight excluding hydrogens is 296 g/mol. The summed E-state index contributed by atoms with van der Waals surface area (Å²) in [6.45, 7) is 9.73. The van der Waals surface area contributed by atoms with Crippen molar-refractivity contribution in [3.05, 3.63) is 48.3 Å². The first-order valence-corrected chi connectivity index (χ1v) is 8.69. The molecule has 0 aliphatic heterocycles. The van der Waals surface area contributed by atoms with Gasteiger partial charge in [-0.25, -0.2) is 4.98 Å². The van der Waals surface area contributed by atoms with Crippen LogP contribution in [0.3, 0.4) is 0 Å². The maximum Gasteiger partial charge on any atom is 0.165 e. The standard InChI is InChI=1S/C20H26N4/c1-5-6-12-21-18-13-17(20(2,3)4)23-19-16(14-22-24(18)19)15-10-8-7-9-11-15/h7-11,13-14,21H,5-6,12H2,1-4H3. The smallest absolute Gasteiger partial charge is 0.165 e. The molecule has 2 heterocycles. The van der Waals surface area contributed by atoms with E-state index in [4.69, 9.17) is 4.98 Å². The van der Waals surface area contributed by atoms with Gasteiger partial charge in [0.25, 0.3) is 0 Å². The lowest BCUT2D eigenvalue weighted by molar-refractivity contribution is 0.568. The van der Waals surface area contributed by atoms with Crippen LogP contribution in [0.25, 0.3) is 16.8 Å². The fourth-order valence-electron chi connectivity index (χ4n) is 2.69. The molecule has 0 bridgehead atoms. The second-order valence-electron chi connectivity index (χ2n) is 7.22. The second-order valence-corrected chi connectivity index (χ2v) is 7.22. The van der Waals surface area contributed by atoms with Gasteiger partial charge >= 0.3 is 0 Å². The SMILES string of the molecule is CCCCNc1cc(C(C)(C)C)nc2c(-c3ccccc3)cnn12. The van der Waals surface area contributed by atoms with E-state index in [1.165, 1.54) is 6.42 Å². The minimum atomic E-state index is -0.0127. The van der Waals surface area contributed by atoms with Crippen LogP contribution in [-0.2, 0) is 5.41 Å². The quantitative estimate of drug-likeness (QED) is 0.679. The van der Waals surface area contributed by atoms with Gasteiger partial charge in [0.15, 0.2) is 5.65 Å². The van der Waals surface area contributed by atoms with Crippen LogP contribution in [0.1, 0.15) is 46.2 Å². The van der Waals surface area contributed by atoms with E-state index in [-0.39, 0.29) is 5.41 Å². The Balaban J connectivity index is 2.14. The van der Waals surface area contributed by atoms with E-state index in [0.717, 1.165) is 41.3 Å². The van der Waals surface area contributed by atoms with Crippen LogP contribution in [0.2, 0.25) is 0 Å². The summed E-state index contributed by atoms with van der Waals surface area (Å²) in [5.41, 5.74) is 4.19. The molecule has 4 heteroatoms. The minimum Gasteiger partial charge on any atom is -0.370 e. The lowest BCUT2D eigenvalue weighted by atomic mass is 9.92. The van der Waals surface area contributed by atoms with Gasteiger partial charge in [-0.1, -0.05) is 64.4 Å². The molecule has 1 N–H and O–H groups in total. The van der Waals surface area contributed by atoms with Crippen molar-refractivity contribution in [1.29, 1.82) is 0 Å². The molecule has 0 atom stereocenters. The van der Waals surface area contributed by atoms with E-state index in [2.05, 4.69) is 56.3 Å². The predicted octanol–water partition coefficient (Wildman–Crippen LogP) is 4.91. The van der Waals surface area contributed by atoms with Gasteiger partial charge in [-0.2, -0.15) is 9.61 Å². The van der Waals surface area contributed by atoms with Gasteiger partial charge in [-0.3, -0.25) is 0 Å². The molecule has 24 heavy (non-hydrogen) atoms. The summed E-state index contributed by atoms with van der Waals surface area (Å²) in [7, 11) is 0. The third-order valence-corrected chi connectivity index (χ3v) is 4.16. The number of fused-ring (bicyclic) bond motifs is 1. The van der Waals surface area contributed by atoms with Gasteiger partial charge in [0.2, 0.25) is 0 Å². The van der Waals surface area contributed by atoms with Crippen molar-refractivity contribution >= 4 is 11.5 Å². The highest BCUT2D eigenvalue weighted by molar-refractivity contribution is 5.78. The molecule has 2 aromatic heterocycles. The van der Waals surface area contributed by atoms with E-state index in [1.54, 1.807) is 0 Å². The van der Waals surface area contributed by atoms with E-state index < -0.39 is 0 Å². The molecule has 126 valence electrons. The highest BCUT2D eigenvalue weighted by Crippen LogP contribution is 2.29. The Morgan fingerprint density at radius 2 is 1.88 bits per heavy atom. The number of hydrogen-bond acceptors (Lipinski definition) is 3. The summed E-state index contributed by atoms with van der Waals surface area (Å²) in [6.07, 6.45) is 4.22. The van der Waals surface area contributed by atoms with E-state index in [9.17, 15) is 0 Å². The zero-order valence-corrected chi connectivity index (χ0v) is 15.0. The topological polar surface area (TPSA) is 42.2 Å². The molecule has 0 radical (unpaired) electrons. The summed E-state index contributed by atoms with van der Waals surface area (Å²) in [5, 5.41) is 8.11. The Morgan fingerprint density at radius 1 is 1.12 bits per heavy atom. The number of aromatic nitrogens is 3. The summed E-state index contributed by atoms with van der Waals surface area (Å²) in [5.74, 6) is 1.01. The Labute approximate surface area is 143 Å². The van der Waals surface area contributed by atoms with E-state index >= 15 is 0 Å². The summed E-state index contributed by atoms with van der Waals surface area (Å²) >= 11 is 0. The molecule has 4 nitrogen and oxygen atoms in total. The summed E-state index contributed by atoms with van der Waals surface area (Å²) in [6, 6.07) is 12.5. The highest BCUT2D eigenvalue weighted by atomic mass is 15.3. The first-order chi connectivity index (χ1) is 11.5. The molecule has 3 aromatic rings. The van der Waals surface area contributed by atoms with Gasteiger partial charge in [-0.05, 0) is 12.0 Å². The van der Waals surface area contributed by atoms with Crippen molar-refractivity contribution < 1.29 is 0 Å². The second kappa shape index (κ2) is 6.63. The molecule has 0 unspecified atom stereocenters. The van der Waals surface area contributed by atoms with Gasteiger partial charge in [0.1, 0.15) is 5.82 Å². The Hall–Kier alpha value is -2.36. The number of nitrogens with zero attached hydrogens (tertiary/aromatic N) is 3. The Kier molecular flexibility index (Phi) is 4.56. The molecule has 0 amide bonds. The summed E-state index contributed by atoms with van der Waals surface area (Å²) in [4.78, 5) is 4.93. The van der Waals surface area contributed by atoms with Crippen molar-refractivity contribution in [2.75, 3.05) is 11.9 Å². The molecule has 0 aliphatic carbocycles. The number of benzene rings is 1. The minimum absolute atomic E-state index is 0.0127. The molecule has 0 saturated carbocycles. The molecule has 0 aliphatic rings. The highest BCUT2D eigenvalue weighted by Gasteiger charge is 2.20. The molecule has 0 fully saturated rings. The van der Waals surface area contributed by atoms with Crippen molar-refractivity contribution in [3.8, 4) is 11.1 Å². The van der Waals surface area contributed by atoms with Crippen LogP contribution in [0, 0.1) is 0 Å². The Morgan fingerprint density at radius 3 is 2.54 bits per heavy atom. The van der Waals surface area contributed by atoms with Crippen LogP contribution in [0.15, 0.2) is 42.6 Å².